The highest BCUT2D eigenvalue weighted by Crippen LogP contribution is 2.34. The van der Waals surface area contributed by atoms with Crippen molar-refractivity contribution in [2.45, 2.75) is 31.6 Å². The van der Waals surface area contributed by atoms with Crippen molar-refractivity contribution in [3.63, 3.8) is 0 Å². The molecule has 0 N–H and O–H groups in total. The van der Waals surface area contributed by atoms with Gasteiger partial charge in [0, 0.05) is 13.0 Å². The van der Waals surface area contributed by atoms with Gasteiger partial charge in [-0.2, -0.15) is 0 Å². The Balaban J connectivity index is 2.35. The lowest BCUT2D eigenvalue weighted by Crippen LogP contribution is -2.03. The van der Waals surface area contributed by atoms with E-state index in [1.54, 1.807) is 6.33 Å². The fraction of sp³-hybridized carbons (Fsp3) is 0.600. The zero-order valence-electron chi connectivity index (χ0n) is 7.86. The number of carbonyl (C=O) groups excluding carboxylic acids is 1. The van der Waals surface area contributed by atoms with Crippen molar-refractivity contribution in [2.24, 2.45) is 7.05 Å². The van der Waals surface area contributed by atoms with E-state index < -0.39 is 0 Å². The van der Waals surface area contributed by atoms with E-state index >= 15 is 0 Å². The van der Waals surface area contributed by atoms with E-state index in [0.717, 1.165) is 12.0 Å². The van der Waals surface area contributed by atoms with E-state index in [-0.39, 0.29) is 0 Å². The molecule has 1 aromatic heterocycles. The molecule has 3 heteroatoms. The van der Waals surface area contributed by atoms with Crippen LogP contribution in [0.2, 0.25) is 0 Å². The highest BCUT2D eigenvalue weighted by Gasteiger charge is 2.22. The number of imidazole rings is 1. The summed E-state index contributed by atoms with van der Waals surface area (Å²) in [5.41, 5.74) is 1.77. The van der Waals surface area contributed by atoms with Crippen LogP contribution in [0.3, 0.4) is 0 Å². The van der Waals surface area contributed by atoms with E-state index in [2.05, 4.69) is 4.98 Å². The minimum Gasteiger partial charge on any atom is -0.337 e. The first-order chi connectivity index (χ1) is 6.33. The Hall–Kier alpha value is -1.12. The fourth-order valence-corrected chi connectivity index (χ4v) is 2.24. The van der Waals surface area contributed by atoms with Gasteiger partial charge < -0.3 is 4.57 Å². The van der Waals surface area contributed by atoms with Crippen molar-refractivity contribution in [3.8, 4) is 0 Å². The Morgan fingerprint density at radius 1 is 1.54 bits per heavy atom. The molecular formula is C10H14N2O. The predicted molar refractivity (Wildman–Crippen MR) is 49.8 cm³/mol. The highest BCUT2D eigenvalue weighted by atomic mass is 16.1. The molecule has 0 spiro atoms. The molecule has 0 aliphatic heterocycles. The van der Waals surface area contributed by atoms with Gasteiger partial charge in [0.1, 0.15) is 5.69 Å². The molecular weight excluding hydrogens is 164 g/mol. The Morgan fingerprint density at radius 2 is 2.23 bits per heavy atom. The third-order valence-electron chi connectivity index (χ3n) is 2.87. The second kappa shape index (κ2) is 3.32. The maximum atomic E-state index is 10.7. The number of aryl methyl sites for hydroxylation is 1. The third kappa shape index (κ3) is 1.39. The second-order valence-corrected chi connectivity index (χ2v) is 3.73. The summed E-state index contributed by atoms with van der Waals surface area (Å²) in [7, 11) is 1.97. The molecule has 0 saturated heterocycles. The van der Waals surface area contributed by atoms with Crippen LogP contribution in [0.4, 0.5) is 0 Å². The molecule has 0 radical (unpaired) electrons. The van der Waals surface area contributed by atoms with Crippen LogP contribution < -0.4 is 0 Å². The molecule has 0 unspecified atom stereocenters. The highest BCUT2D eigenvalue weighted by molar-refractivity contribution is 5.73. The fourth-order valence-electron chi connectivity index (χ4n) is 2.24. The van der Waals surface area contributed by atoms with Gasteiger partial charge in [-0.25, -0.2) is 4.98 Å². The molecule has 1 aliphatic carbocycles. The maximum Gasteiger partial charge on any atom is 0.170 e. The summed E-state index contributed by atoms with van der Waals surface area (Å²) in [6.07, 6.45) is 7.59. The Kier molecular flexibility index (Phi) is 2.17. The summed E-state index contributed by atoms with van der Waals surface area (Å²) in [5, 5.41) is 0. The summed E-state index contributed by atoms with van der Waals surface area (Å²) in [6.45, 7) is 0. The summed E-state index contributed by atoms with van der Waals surface area (Å²) >= 11 is 0. The minimum absolute atomic E-state index is 0.563. The van der Waals surface area contributed by atoms with Gasteiger partial charge in [0.15, 0.2) is 6.29 Å². The summed E-state index contributed by atoms with van der Waals surface area (Å²) in [5.74, 6) is 0.563. The summed E-state index contributed by atoms with van der Waals surface area (Å²) in [6, 6.07) is 0. The summed E-state index contributed by atoms with van der Waals surface area (Å²) in [4.78, 5) is 14.8. The van der Waals surface area contributed by atoms with Crippen molar-refractivity contribution in [1.29, 1.82) is 0 Å². The van der Waals surface area contributed by atoms with Crippen LogP contribution in [0.15, 0.2) is 6.33 Å². The van der Waals surface area contributed by atoms with Crippen molar-refractivity contribution < 1.29 is 4.79 Å². The first-order valence-corrected chi connectivity index (χ1v) is 4.79. The lowest BCUT2D eigenvalue weighted by atomic mass is 10.0. The van der Waals surface area contributed by atoms with Crippen LogP contribution >= 0.6 is 0 Å². The van der Waals surface area contributed by atoms with Gasteiger partial charge in [-0.05, 0) is 12.8 Å². The number of aromatic nitrogens is 2. The zero-order chi connectivity index (χ0) is 9.26. The standard InChI is InChI=1S/C10H14N2O/c1-12-7-11-9(6-13)10(12)8-4-2-3-5-8/h6-8H,2-5H2,1H3. The van der Waals surface area contributed by atoms with Gasteiger partial charge in [0.25, 0.3) is 0 Å². The molecule has 70 valence electrons. The van der Waals surface area contributed by atoms with Crippen molar-refractivity contribution in [1.82, 2.24) is 9.55 Å². The van der Waals surface area contributed by atoms with E-state index in [1.165, 1.54) is 25.7 Å². The van der Waals surface area contributed by atoms with Crippen LogP contribution in [0.5, 0.6) is 0 Å². The normalized spacial score (nSPS) is 17.9. The molecule has 1 aromatic rings. The lowest BCUT2D eigenvalue weighted by Gasteiger charge is -2.10. The van der Waals surface area contributed by atoms with E-state index in [0.29, 0.717) is 11.6 Å². The number of hydrogen-bond donors (Lipinski definition) is 0. The average molecular weight is 178 g/mol. The number of aldehydes is 1. The second-order valence-electron chi connectivity index (χ2n) is 3.73. The monoisotopic (exact) mass is 178 g/mol. The largest absolute Gasteiger partial charge is 0.337 e. The van der Waals surface area contributed by atoms with Crippen LogP contribution in [-0.2, 0) is 7.05 Å². The molecule has 1 heterocycles. The maximum absolute atomic E-state index is 10.7. The number of rotatable bonds is 2. The van der Waals surface area contributed by atoms with Crippen LogP contribution in [0.1, 0.15) is 47.8 Å². The molecule has 0 aromatic carbocycles. The third-order valence-corrected chi connectivity index (χ3v) is 2.87. The Bertz CT molecular complexity index is 311. The molecule has 1 saturated carbocycles. The van der Waals surface area contributed by atoms with Gasteiger partial charge in [-0.15, -0.1) is 0 Å². The molecule has 0 atom stereocenters. The smallest absolute Gasteiger partial charge is 0.170 e. The van der Waals surface area contributed by atoms with Crippen molar-refractivity contribution in [3.05, 3.63) is 17.7 Å². The molecule has 3 nitrogen and oxygen atoms in total. The molecule has 1 aliphatic rings. The molecule has 2 rings (SSSR count). The van der Waals surface area contributed by atoms with Crippen LogP contribution in [-0.4, -0.2) is 15.8 Å². The SMILES string of the molecule is Cn1cnc(C=O)c1C1CCCC1. The van der Waals surface area contributed by atoms with Gasteiger partial charge in [-0.3, -0.25) is 4.79 Å². The molecule has 1 fully saturated rings. The Labute approximate surface area is 77.8 Å². The first kappa shape index (κ1) is 8.48. The molecule has 13 heavy (non-hydrogen) atoms. The van der Waals surface area contributed by atoms with E-state index in [1.807, 2.05) is 11.6 Å². The molecule has 0 amide bonds. The lowest BCUT2D eigenvalue weighted by molar-refractivity contribution is 0.111. The van der Waals surface area contributed by atoms with Gasteiger partial charge in [0.2, 0.25) is 0 Å². The van der Waals surface area contributed by atoms with Gasteiger partial charge >= 0.3 is 0 Å². The van der Waals surface area contributed by atoms with Gasteiger partial charge in [0.05, 0.1) is 12.0 Å². The average Bonchev–Trinajstić information content (AvgIpc) is 2.72. The van der Waals surface area contributed by atoms with Crippen LogP contribution in [0.25, 0.3) is 0 Å². The summed E-state index contributed by atoms with van der Waals surface area (Å²) < 4.78 is 1.99. The van der Waals surface area contributed by atoms with Crippen LogP contribution in [0, 0.1) is 0 Å². The molecule has 0 bridgehead atoms. The number of nitrogens with zero attached hydrogens (tertiary/aromatic N) is 2. The predicted octanol–water partition coefficient (Wildman–Crippen LogP) is 1.89. The minimum atomic E-state index is 0.563. The number of hydrogen-bond acceptors (Lipinski definition) is 2. The van der Waals surface area contributed by atoms with E-state index in [4.69, 9.17) is 0 Å². The van der Waals surface area contributed by atoms with Crippen molar-refractivity contribution in [2.75, 3.05) is 0 Å². The van der Waals surface area contributed by atoms with Crippen molar-refractivity contribution >= 4 is 6.29 Å². The quantitative estimate of drug-likeness (QED) is 0.648. The van der Waals surface area contributed by atoms with E-state index in [9.17, 15) is 4.79 Å². The Morgan fingerprint density at radius 3 is 2.85 bits per heavy atom. The zero-order valence-corrected chi connectivity index (χ0v) is 7.86. The first-order valence-electron chi connectivity index (χ1n) is 4.79. The topological polar surface area (TPSA) is 34.9 Å². The van der Waals surface area contributed by atoms with Gasteiger partial charge in [-0.1, -0.05) is 12.8 Å². The number of carbonyl (C=O) groups is 1.